The first kappa shape index (κ1) is 15.7. The summed E-state index contributed by atoms with van der Waals surface area (Å²) < 4.78 is 15.9. The smallest absolute Gasteiger partial charge is 0.126 e. The second kappa shape index (κ2) is 7.34. The summed E-state index contributed by atoms with van der Waals surface area (Å²) in [5.74, 6) is -0.151. The van der Waals surface area contributed by atoms with Crippen LogP contribution in [0.1, 0.15) is 24.1 Å². The Kier molecular flexibility index (Phi) is 5.75. The molecule has 2 aromatic rings. The van der Waals surface area contributed by atoms with Crippen LogP contribution in [0.25, 0.3) is 0 Å². The average Bonchev–Trinajstić information content (AvgIpc) is 2.43. The van der Waals surface area contributed by atoms with Crippen LogP contribution in [0.5, 0.6) is 0 Å². The lowest BCUT2D eigenvalue weighted by atomic mass is 9.98. The lowest BCUT2D eigenvalue weighted by molar-refractivity contribution is 0.526. The fraction of sp³-hybridized carbons (Fsp3) is 0.250. The molecule has 20 heavy (non-hydrogen) atoms. The van der Waals surface area contributed by atoms with E-state index in [0.29, 0.717) is 6.42 Å². The van der Waals surface area contributed by atoms with Crippen molar-refractivity contribution in [2.75, 3.05) is 6.54 Å². The molecular formula is C16H16Br2FN. The van der Waals surface area contributed by atoms with Crippen LogP contribution < -0.4 is 5.32 Å². The summed E-state index contributed by atoms with van der Waals surface area (Å²) in [5.41, 5.74) is 1.86. The number of rotatable bonds is 5. The number of nitrogens with one attached hydrogen (secondary N) is 1. The molecule has 0 aliphatic heterocycles. The van der Waals surface area contributed by atoms with Gasteiger partial charge in [0.25, 0.3) is 0 Å². The number of likely N-dealkylation sites (N-methyl/N-ethyl adjacent to an activating group) is 1. The second-order valence-corrected chi connectivity index (χ2v) is 6.34. The highest BCUT2D eigenvalue weighted by atomic mass is 79.9. The van der Waals surface area contributed by atoms with Crippen molar-refractivity contribution in [3.05, 3.63) is 68.4 Å². The Labute approximate surface area is 135 Å². The summed E-state index contributed by atoms with van der Waals surface area (Å²) in [6, 6.07) is 13.1. The van der Waals surface area contributed by atoms with Gasteiger partial charge in [0.1, 0.15) is 5.82 Å². The van der Waals surface area contributed by atoms with Gasteiger partial charge in [0, 0.05) is 15.0 Å². The number of halogens is 3. The van der Waals surface area contributed by atoms with Crippen LogP contribution in [-0.4, -0.2) is 6.54 Å². The van der Waals surface area contributed by atoms with Gasteiger partial charge in [-0.05, 0) is 48.4 Å². The van der Waals surface area contributed by atoms with Crippen LogP contribution >= 0.6 is 31.9 Å². The second-order valence-electron chi connectivity index (χ2n) is 4.57. The fourth-order valence-corrected chi connectivity index (χ4v) is 3.11. The van der Waals surface area contributed by atoms with E-state index in [2.05, 4.69) is 50.2 Å². The fourth-order valence-electron chi connectivity index (χ4n) is 2.20. The van der Waals surface area contributed by atoms with Crippen LogP contribution in [0, 0.1) is 5.82 Å². The minimum Gasteiger partial charge on any atom is -0.310 e. The topological polar surface area (TPSA) is 12.0 Å². The molecule has 0 aliphatic carbocycles. The molecule has 0 spiro atoms. The van der Waals surface area contributed by atoms with Gasteiger partial charge in [-0.25, -0.2) is 4.39 Å². The van der Waals surface area contributed by atoms with Gasteiger partial charge in [-0.15, -0.1) is 0 Å². The molecule has 0 fully saturated rings. The van der Waals surface area contributed by atoms with E-state index in [0.717, 1.165) is 26.6 Å². The minimum atomic E-state index is -0.151. The summed E-state index contributed by atoms with van der Waals surface area (Å²) >= 11 is 7.07. The minimum absolute atomic E-state index is 0.0729. The van der Waals surface area contributed by atoms with Crippen LogP contribution in [-0.2, 0) is 6.42 Å². The number of hydrogen-bond donors (Lipinski definition) is 1. The van der Waals surface area contributed by atoms with Crippen molar-refractivity contribution in [2.45, 2.75) is 19.4 Å². The lowest BCUT2D eigenvalue weighted by Crippen LogP contribution is -2.23. The molecule has 0 radical (unpaired) electrons. The monoisotopic (exact) mass is 399 g/mol. The predicted molar refractivity (Wildman–Crippen MR) is 88.4 cm³/mol. The SMILES string of the molecule is CCNC(Cc1ccccc1F)c1cc(Br)ccc1Br. The molecule has 0 saturated heterocycles. The van der Waals surface area contributed by atoms with Crippen molar-refractivity contribution < 1.29 is 4.39 Å². The van der Waals surface area contributed by atoms with E-state index >= 15 is 0 Å². The van der Waals surface area contributed by atoms with Gasteiger partial charge in [-0.2, -0.15) is 0 Å². The van der Waals surface area contributed by atoms with Gasteiger partial charge < -0.3 is 5.32 Å². The molecule has 0 amide bonds. The molecule has 1 N–H and O–H groups in total. The van der Waals surface area contributed by atoms with Crippen molar-refractivity contribution in [3.63, 3.8) is 0 Å². The molecule has 106 valence electrons. The van der Waals surface area contributed by atoms with E-state index in [1.165, 1.54) is 6.07 Å². The molecule has 0 aromatic heterocycles. The lowest BCUT2D eigenvalue weighted by Gasteiger charge is -2.20. The van der Waals surface area contributed by atoms with Gasteiger partial charge in [-0.1, -0.05) is 57.0 Å². The maximum absolute atomic E-state index is 13.8. The molecule has 2 aromatic carbocycles. The third kappa shape index (κ3) is 3.90. The zero-order valence-corrected chi connectivity index (χ0v) is 14.3. The summed E-state index contributed by atoms with van der Waals surface area (Å²) in [4.78, 5) is 0. The molecule has 0 bridgehead atoms. The molecule has 4 heteroatoms. The first-order chi connectivity index (χ1) is 9.61. The summed E-state index contributed by atoms with van der Waals surface area (Å²) in [6.45, 7) is 2.89. The van der Waals surface area contributed by atoms with Crippen molar-refractivity contribution in [1.29, 1.82) is 0 Å². The molecule has 2 rings (SSSR count). The zero-order chi connectivity index (χ0) is 14.5. The number of hydrogen-bond acceptors (Lipinski definition) is 1. The Balaban J connectivity index is 2.32. The van der Waals surface area contributed by atoms with Gasteiger partial charge in [0.2, 0.25) is 0 Å². The van der Waals surface area contributed by atoms with E-state index in [9.17, 15) is 4.39 Å². The van der Waals surface area contributed by atoms with Gasteiger partial charge >= 0.3 is 0 Å². The first-order valence-corrected chi connectivity index (χ1v) is 8.12. The van der Waals surface area contributed by atoms with Crippen molar-refractivity contribution in [1.82, 2.24) is 5.32 Å². The molecular weight excluding hydrogens is 385 g/mol. The first-order valence-electron chi connectivity index (χ1n) is 6.53. The Hall–Kier alpha value is -0.710. The van der Waals surface area contributed by atoms with Crippen LogP contribution in [0.3, 0.4) is 0 Å². The number of benzene rings is 2. The van der Waals surface area contributed by atoms with Crippen molar-refractivity contribution >= 4 is 31.9 Å². The van der Waals surface area contributed by atoms with Crippen molar-refractivity contribution in [3.8, 4) is 0 Å². The summed E-state index contributed by atoms with van der Waals surface area (Å²) in [6.07, 6.45) is 0.621. The Morgan fingerprint density at radius 2 is 1.90 bits per heavy atom. The van der Waals surface area contributed by atoms with Crippen molar-refractivity contribution in [2.24, 2.45) is 0 Å². The quantitative estimate of drug-likeness (QED) is 0.723. The molecule has 1 unspecified atom stereocenters. The van der Waals surface area contributed by atoms with Gasteiger partial charge in [-0.3, -0.25) is 0 Å². The Morgan fingerprint density at radius 3 is 2.60 bits per heavy atom. The average molecular weight is 401 g/mol. The third-order valence-corrected chi connectivity index (χ3v) is 4.38. The highest BCUT2D eigenvalue weighted by Gasteiger charge is 2.16. The van der Waals surface area contributed by atoms with Crippen LogP contribution in [0.2, 0.25) is 0 Å². The van der Waals surface area contributed by atoms with Crippen LogP contribution in [0.15, 0.2) is 51.4 Å². The molecule has 0 saturated carbocycles. The van der Waals surface area contributed by atoms with Crippen LogP contribution in [0.4, 0.5) is 4.39 Å². The predicted octanol–water partition coefficient (Wildman–Crippen LogP) is 5.24. The maximum atomic E-state index is 13.8. The largest absolute Gasteiger partial charge is 0.310 e. The van der Waals surface area contributed by atoms with E-state index < -0.39 is 0 Å². The Bertz CT molecular complexity index is 586. The molecule has 1 atom stereocenters. The highest BCUT2D eigenvalue weighted by Crippen LogP contribution is 2.29. The van der Waals surface area contributed by atoms with E-state index in [1.54, 1.807) is 6.07 Å². The maximum Gasteiger partial charge on any atom is 0.126 e. The highest BCUT2D eigenvalue weighted by molar-refractivity contribution is 9.11. The van der Waals surface area contributed by atoms with E-state index in [4.69, 9.17) is 0 Å². The van der Waals surface area contributed by atoms with E-state index in [-0.39, 0.29) is 11.9 Å². The Morgan fingerprint density at radius 1 is 1.15 bits per heavy atom. The third-order valence-electron chi connectivity index (χ3n) is 3.17. The zero-order valence-electron chi connectivity index (χ0n) is 11.2. The normalized spacial score (nSPS) is 12.4. The standard InChI is InChI=1S/C16H16Br2FN/c1-2-20-16(9-11-5-3-4-6-15(11)19)13-10-12(17)7-8-14(13)18/h3-8,10,16,20H,2,9H2,1H3. The molecule has 0 heterocycles. The summed E-state index contributed by atoms with van der Waals surface area (Å²) in [5, 5.41) is 3.43. The van der Waals surface area contributed by atoms with Gasteiger partial charge in [0.05, 0.1) is 0 Å². The van der Waals surface area contributed by atoms with Gasteiger partial charge in [0.15, 0.2) is 0 Å². The molecule has 0 aliphatic rings. The summed E-state index contributed by atoms with van der Waals surface area (Å²) in [7, 11) is 0. The molecule has 1 nitrogen and oxygen atoms in total. The van der Waals surface area contributed by atoms with E-state index in [1.807, 2.05) is 24.3 Å².